The van der Waals surface area contributed by atoms with E-state index in [1.165, 1.54) is 12.3 Å². The fourth-order valence-corrected chi connectivity index (χ4v) is 1.77. The van der Waals surface area contributed by atoms with E-state index < -0.39 is 4.92 Å². The second-order valence-corrected chi connectivity index (χ2v) is 4.49. The van der Waals surface area contributed by atoms with E-state index >= 15 is 0 Å². The highest BCUT2D eigenvalue weighted by atomic mass is 16.6. The molecule has 2 aromatic rings. The number of Topliss-reactive ketones (excluding diaryl/α,β-unsaturated/α-hetero) is 1. The molecule has 0 atom stereocenters. The molecular formula is C15H14N2O4. The molecule has 0 N–H and O–H groups in total. The molecule has 0 saturated heterocycles. The molecule has 0 aliphatic rings. The van der Waals surface area contributed by atoms with Crippen LogP contribution >= 0.6 is 0 Å². The SMILES string of the molecule is CCC(=O)c1ccc(Oc2ccc(C)cc2[N+](=O)[O-])cn1. The summed E-state index contributed by atoms with van der Waals surface area (Å²) in [6.45, 7) is 3.52. The second-order valence-electron chi connectivity index (χ2n) is 4.49. The van der Waals surface area contributed by atoms with E-state index in [4.69, 9.17) is 4.74 Å². The summed E-state index contributed by atoms with van der Waals surface area (Å²) in [6, 6.07) is 7.82. The molecule has 2 rings (SSSR count). The number of pyridine rings is 1. The van der Waals surface area contributed by atoms with Crippen LogP contribution in [0, 0.1) is 17.0 Å². The molecule has 6 nitrogen and oxygen atoms in total. The van der Waals surface area contributed by atoms with Crippen molar-refractivity contribution in [1.29, 1.82) is 0 Å². The lowest BCUT2D eigenvalue weighted by Gasteiger charge is -2.07. The van der Waals surface area contributed by atoms with E-state index in [1.54, 1.807) is 38.1 Å². The zero-order valence-corrected chi connectivity index (χ0v) is 11.7. The highest BCUT2D eigenvalue weighted by Gasteiger charge is 2.16. The quantitative estimate of drug-likeness (QED) is 0.475. The highest BCUT2D eigenvalue weighted by molar-refractivity contribution is 5.93. The van der Waals surface area contributed by atoms with Gasteiger partial charge in [0, 0.05) is 12.5 Å². The number of benzene rings is 1. The molecule has 6 heteroatoms. The highest BCUT2D eigenvalue weighted by Crippen LogP contribution is 2.31. The number of hydrogen-bond donors (Lipinski definition) is 0. The van der Waals surface area contributed by atoms with Crippen LogP contribution in [0.1, 0.15) is 29.4 Å². The van der Waals surface area contributed by atoms with Crippen molar-refractivity contribution in [3.8, 4) is 11.5 Å². The monoisotopic (exact) mass is 286 g/mol. The van der Waals surface area contributed by atoms with Gasteiger partial charge in [0.1, 0.15) is 11.4 Å². The summed E-state index contributed by atoms with van der Waals surface area (Å²) >= 11 is 0. The summed E-state index contributed by atoms with van der Waals surface area (Å²) < 4.78 is 5.48. The molecule has 0 spiro atoms. The lowest BCUT2D eigenvalue weighted by molar-refractivity contribution is -0.385. The minimum absolute atomic E-state index is 0.0668. The maximum atomic E-state index is 11.5. The number of carbonyl (C=O) groups excluding carboxylic acids is 1. The van der Waals surface area contributed by atoms with Gasteiger partial charge in [-0.25, -0.2) is 4.98 Å². The lowest BCUT2D eigenvalue weighted by Crippen LogP contribution is -2.00. The van der Waals surface area contributed by atoms with Crippen molar-refractivity contribution in [3.63, 3.8) is 0 Å². The molecule has 21 heavy (non-hydrogen) atoms. The van der Waals surface area contributed by atoms with Crippen molar-refractivity contribution in [2.45, 2.75) is 20.3 Å². The van der Waals surface area contributed by atoms with E-state index in [9.17, 15) is 14.9 Å². The molecule has 0 radical (unpaired) electrons. The molecule has 1 aromatic carbocycles. The molecule has 0 bridgehead atoms. The van der Waals surface area contributed by atoms with Crippen LogP contribution in [-0.4, -0.2) is 15.7 Å². The van der Waals surface area contributed by atoms with E-state index in [0.717, 1.165) is 5.56 Å². The van der Waals surface area contributed by atoms with Crippen LogP contribution in [0.2, 0.25) is 0 Å². The fourth-order valence-electron chi connectivity index (χ4n) is 1.77. The second kappa shape index (κ2) is 6.13. The zero-order chi connectivity index (χ0) is 15.4. The molecule has 108 valence electrons. The van der Waals surface area contributed by atoms with Crippen molar-refractivity contribution in [3.05, 3.63) is 57.9 Å². The summed E-state index contributed by atoms with van der Waals surface area (Å²) in [4.78, 5) is 26.0. The maximum Gasteiger partial charge on any atom is 0.311 e. The van der Waals surface area contributed by atoms with E-state index in [0.29, 0.717) is 17.9 Å². The summed E-state index contributed by atoms with van der Waals surface area (Å²) in [5, 5.41) is 11.0. The van der Waals surface area contributed by atoms with Gasteiger partial charge in [0.05, 0.1) is 11.1 Å². The summed E-state index contributed by atoms with van der Waals surface area (Å²) in [6.07, 6.45) is 1.75. The Balaban J connectivity index is 2.26. The summed E-state index contributed by atoms with van der Waals surface area (Å²) in [5.41, 5.74) is 1.02. The van der Waals surface area contributed by atoms with Gasteiger partial charge in [-0.05, 0) is 30.7 Å². The number of nitrogens with zero attached hydrogens (tertiary/aromatic N) is 2. The molecule has 0 amide bonds. The maximum absolute atomic E-state index is 11.5. The lowest BCUT2D eigenvalue weighted by atomic mass is 10.2. The largest absolute Gasteiger partial charge is 0.449 e. The van der Waals surface area contributed by atoms with Crippen LogP contribution < -0.4 is 4.74 Å². The first-order chi connectivity index (χ1) is 10.0. The average molecular weight is 286 g/mol. The molecule has 0 unspecified atom stereocenters. The number of nitro benzene ring substituents is 1. The van der Waals surface area contributed by atoms with Crippen molar-refractivity contribution in [2.24, 2.45) is 0 Å². The van der Waals surface area contributed by atoms with Crippen LogP contribution in [0.5, 0.6) is 11.5 Å². The molecule has 1 aromatic heterocycles. The Labute approximate surface area is 121 Å². The number of nitro groups is 1. The number of aromatic nitrogens is 1. The Morgan fingerprint density at radius 3 is 2.67 bits per heavy atom. The summed E-state index contributed by atoms with van der Waals surface area (Å²) in [5.74, 6) is 0.416. The first kappa shape index (κ1) is 14.6. The molecule has 0 fully saturated rings. The number of ketones is 1. The van der Waals surface area contributed by atoms with Crippen LogP contribution in [0.15, 0.2) is 36.5 Å². The molecular weight excluding hydrogens is 272 g/mol. The van der Waals surface area contributed by atoms with Crippen molar-refractivity contribution in [1.82, 2.24) is 4.98 Å². The Hall–Kier alpha value is -2.76. The van der Waals surface area contributed by atoms with Gasteiger partial charge in [-0.1, -0.05) is 13.0 Å². The molecule has 0 saturated carbocycles. The van der Waals surface area contributed by atoms with Gasteiger partial charge in [0.15, 0.2) is 5.78 Å². The average Bonchev–Trinajstić information content (AvgIpc) is 2.49. The van der Waals surface area contributed by atoms with E-state index in [1.807, 2.05) is 0 Å². The normalized spacial score (nSPS) is 10.2. The van der Waals surface area contributed by atoms with Crippen molar-refractivity contribution in [2.75, 3.05) is 0 Å². The Kier molecular flexibility index (Phi) is 4.27. The zero-order valence-electron chi connectivity index (χ0n) is 11.7. The number of hydrogen-bond acceptors (Lipinski definition) is 5. The molecule has 0 aliphatic heterocycles. The number of carbonyl (C=O) groups is 1. The molecule has 0 aliphatic carbocycles. The van der Waals surface area contributed by atoms with Gasteiger partial charge in [0.25, 0.3) is 0 Å². The third-order valence-electron chi connectivity index (χ3n) is 2.88. The van der Waals surface area contributed by atoms with Crippen LogP contribution in [0.25, 0.3) is 0 Å². The van der Waals surface area contributed by atoms with Gasteiger partial charge >= 0.3 is 5.69 Å². The Morgan fingerprint density at radius 1 is 1.33 bits per heavy atom. The van der Waals surface area contributed by atoms with Gasteiger partial charge < -0.3 is 4.74 Å². The van der Waals surface area contributed by atoms with Gasteiger partial charge in [0.2, 0.25) is 5.75 Å². The first-order valence-electron chi connectivity index (χ1n) is 6.43. The van der Waals surface area contributed by atoms with E-state index in [-0.39, 0.29) is 17.2 Å². The van der Waals surface area contributed by atoms with Crippen LogP contribution in [0.4, 0.5) is 5.69 Å². The predicted octanol–water partition coefficient (Wildman–Crippen LogP) is 3.68. The van der Waals surface area contributed by atoms with Crippen molar-refractivity contribution < 1.29 is 14.5 Å². The standard InChI is InChI=1S/C15H14N2O4/c1-3-14(18)12-6-5-11(9-16-12)21-15-7-4-10(2)8-13(15)17(19)20/h4-9H,3H2,1-2H3. The van der Waals surface area contributed by atoms with Crippen molar-refractivity contribution >= 4 is 11.5 Å². The van der Waals surface area contributed by atoms with Crippen LogP contribution in [-0.2, 0) is 0 Å². The van der Waals surface area contributed by atoms with Gasteiger partial charge in [-0.3, -0.25) is 14.9 Å². The van der Waals surface area contributed by atoms with Crippen LogP contribution in [0.3, 0.4) is 0 Å². The number of ether oxygens (including phenoxy) is 1. The summed E-state index contributed by atoms with van der Waals surface area (Å²) in [7, 11) is 0. The third kappa shape index (κ3) is 3.42. The third-order valence-corrected chi connectivity index (χ3v) is 2.88. The number of rotatable bonds is 5. The Morgan fingerprint density at radius 2 is 2.10 bits per heavy atom. The Bertz CT molecular complexity index is 681. The van der Waals surface area contributed by atoms with E-state index in [2.05, 4.69) is 4.98 Å². The first-order valence-corrected chi connectivity index (χ1v) is 6.43. The minimum Gasteiger partial charge on any atom is -0.449 e. The van der Waals surface area contributed by atoms with Gasteiger partial charge in [-0.15, -0.1) is 0 Å². The fraction of sp³-hybridized carbons (Fsp3) is 0.200. The topological polar surface area (TPSA) is 82.3 Å². The molecule has 1 heterocycles. The van der Waals surface area contributed by atoms with Gasteiger partial charge in [-0.2, -0.15) is 0 Å². The number of aryl methyl sites for hydroxylation is 1. The minimum atomic E-state index is -0.495. The smallest absolute Gasteiger partial charge is 0.311 e. The predicted molar refractivity (Wildman–Crippen MR) is 76.8 cm³/mol.